The SMILES string of the molecule is CCC[C@H]1CCC[C@H]2[C@@H]3C[C@@H](CN(C(=O)Cc4cccc(O)c4)C3)CN12. The number of carbonyl (C=O) groups excluding carboxylic acids is 1. The van der Waals surface area contributed by atoms with Crippen LogP contribution in [0.5, 0.6) is 5.75 Å². The maximum Gasteiger partial charge on any atom is 0.227 e. The van der Waals surface area contributed by atoms with Crippen LogP contribution >= 0.6 is 0 Å². The van der Waals surface area contributed by atoms with E-state index in [4.69, 9.17) is 0 Å². The van der Waals surface area contributed by atoms with Crippen molar-refractivity contribution in [3.8, 4) is 5.75 Å². The van der Waals surface area contributed by atoms with Gasteiger partial charge < -0.3 is 10.0 Å². The Kier molecular flexibility index (Phi) is 5.21. The molecule has 0 unspecified atom stereocenters. The van der Waals surface area contributed by atoms with E-state index in [9.17, 15) is 9.90 Å². The van der Waals surface area contributed by atoms with Gasteiger partial charge in [-0.15, -0.1) is 0 Å². The van der Waals surface area contributed by atoms with Gasteiger partial charge in [0, 0.05) is 31.7 Å². The van der Waals surface area contributed by atoms with E-state index in [1.807, 2.05) is 12.1 Å². The highest BCUT2D eigenvalue weighted by molar-refractivity contribution is 5.79. The van der Waals surface area contributed by atoms with Crippen molar-refractivity contribution in [3.05, 3.63) is 29.8 Å². The fraction of sp³-hybridized carbons (Fsp3) is 0.682. The maximum absolute atomic E-state index is 12.9. The summed E-state index contributed by atoms with van der Waals surface area (Å²) in [6.07, 6.45) is 8.34. The molecular formula is C22H32N2O2. The molecule has 4 heteroatoms. The lowest BCUT2D eigenvalue weighted by Crippen LogP contribution is -2.62. The normalized spacial score (nSPS) is 31.5. The number of benzene rings is 1. The summed E-state index contributed by atoms with van der Waals surface area (Å²) in [6, 6.07) is 8.58. The zero-order valence-corrected chi connectivity index (χ0v) is 15.9. The Hall–Kier alpha value is -1.55. The van der Waals surface area contributed by atoms with Gasteiger partial charge in [0.1, 0.15) is 5.75 Å². The number of hydrogen-bond acceptors (Lipinski definition) is 3. The molecule has 26 heavy (non-hydrogen) atoms. The minimum absolute atomic E-state index is 0.222. The predicted octanol–water partition coefficient (Wildman–Crippen LogP) is 3.44. The topological polar surface area (TPSA) is 43.8 Å². The Morgan fingerprint density at radius 2 is 2.12 bits per heavy atom. The standard InChI is InChI=1S/C22H32N2O2/c1-2-5-19-7-4-9-21-18-10-17(14-24(19)21)13-23(15-18)22(26)12-16-6-3-8-20(25)11-16/h3,6,8,11,17-19,21,25H,2,4-5,7,9-10,12-15H2,1H3/t17-,18+,19-,21-/m0/s1. The lowest BCUT2D eigenvalue weighted by Gasteiger charge is -2.55. The van der Waals surface area contributed by atoms with Crippen molar-refractivity contribution in [2.45, 2.75) is 64.0 Å². The summed E-state index contributed by atoms with van der Waals surface area (Å²) in [5.41, 5.74) is 0.910. The van der Waals surface area contributed by atoms with Crippen molar-refractivity contribution in [1.82, 2.24) is 9.80 Å². The van der Waals surface area contributed by atoms with E-state index in [0.717, 1.165) is 24.7 Å². The van der Waals surface area contributed by atoms with Crippen LogP contribution in [0, 0.1) is 11.8 Å². The van der Waals surface area contributed by atoms with Gasteiger partial charge in [-0.25, -0.2) is 0 Å². The molecule has 0 radical (unpaired) electrons. The number of carbonyl (C=O) groups is 1. The van der Waals surface area contributed by atoms with Crippen molar-refractivity contribution < 1.29 is 9.90 Å². The summed E-state index contributed by atoms with van der Waals surface area (Å²) in [5, 5.41) is 9.64. The summed E-state index contributed by atoms with van der Waals surface area (Å²) in [4.78, 5) is 17.8. The lowest BCUT2D eigenvalue weighted by molar-refractivity contribution is -0.138. The van der Waals surface area contributed by atoms with Crippen LogP contribution in [0.25, 0.3) is 0 Å². The second kappa shape index (κ2) is 7.59. The molecular weight excluding hydrogens is 324 g/mol. The number of piperidine rings is 3. The highest BCUT2D eigenvalue weighted by atomic mass is 16.3. The number of aromatic hydroxyl groups is 1. The van der Waals surface area contributed by atoms with Crippen LogP contribution in [-0.4, -0.2) is 52.5 Å². The molecule has 2 bridgehead atoms. The van der Waals surface area contributed by atoms with E-state index in [0.29, 0.717) is 24.3 Å². The number of hydrogen-bond donors (Lipinski definition) is 1. The number of likely N-dealkylation sites (tertiary alicyclic amines) is 1. The van der Waals surface area contributed by atoms with Crippen LogP contribution in [0.2, 0.25) is 0 Å². The first-order chi connectivity index (χ1) is 12.6. The highest BCUT2D eigenvalue weighted by Gasteiger charge is 2.45. The molecule has 1 aromatic rings. The van der Waals surface area contributed by atoms with Crippen LogP contribution in [0.1, 0.15) is 51.0 Å². The van der Waals surface area contributed by atoms with Gasteiger partial charge in [0.2, 0.25) is 5.91 Å². The van der Waals surface area contributed by atoms with E-state index >= 15 is 0 Å². The number of rotatable bonds is 4. The molecule has 0 aromatic heterocycles. The molecule has 0 spiro atoms. The molecule has 3 heterocycles. The maximum atomic E-state index is 12.9. The number of phenols is 1. The van der Waals surface area contributed by atoms with Crippen LogP contribution in [-0.2, 0) is 11.2 Å². The van der Waals surface area contributed by atoms with Crippen molar-refractivity contribution in [2.24, 2.45) is 11.8 Å². The fourth-order valence-electron chi connectivity index (χ4n) is 5.71. The molecule has 3 aliphatic rings. The first-order valence-corrected chi connectivity index (χ1v) is 10.5. The number of nitrogens with zero attached hydrogens (tertiary/aromatic N) is 2. The van der Waals surface area contributed by atoms with Gasteiger partial charge >= 0.3 is 0 Å². The minimum atomic E-state index is 0.222. The van der Waals surface area contributed by atoms with Crippen molar-refractivity contribution in [2.75, 3.05) is 19.6 Å². The minimum Gasteiger partial charge on any atom is -0.508 e. The third-order valence-corrected chi connectivity index (χ3v) is 6.76. The van der Waals surface area contributed by atoms with E-state index in [2.05, 4.69) is 16.7 Å². The average Bonchev–Trinajstić information content (AvgIpc) is 2.62. The molecule has 1 amide bonds. The largest absolute Gasteiger partial charge is 0.508 e. The van der Waals surface area contributed by atoms with Crippen molar-refractivity contribution in [1.29, 1.82) is 0 Å². The summed E-state index contributed by atoms with van der Waals surface area (Å²) in [6.45, 7) is 5.32. The Morgan fingerprint density at radius 3 is 2.92 bits per heavy atom. The molecule has 1 N–H and O–H groups in total. The molecule has 142 valence electrons. The summed E-state index contributed by atoms with van der Waals surface area (Å²) < 4.78 is 0. The zero-order valence-electron chi connectivity index (χ0n) is 15.9. The Morgan fingerprint density at radius 1 is 1.23 bits per heavy atom. The fourth-order valence-corrected chi connectivity index (χ4v) is 5.71. The molecule has 3 aliphatic heterocycles. The van der Waals surface area contributed by atoms with E-state index < -0.39 is 0 Å². The average molecular weight is 357 g/mol. The molecule has 0 aliphatic carbocycles. The van der Waals surface area contributed by atoms with Crippen LogP contribution in [0.4, 0.5) is 0 Å². The first-order valence-electron chi connectivity index (χ1n) is 10.5. The second-order valence-electron chi connectivity index (χ2n) is 8.64. The number of amides is 1. The predicted molar refractivity (Wildman–Crippen MR) is 103 cm³/mol. The third kappa shape index (κ3) is 3.62. The van der Waals surface area contributed by atoms with Crippen molar-refractivity contribution in [3.63, 3.8) is 0 Å². The number of fused-ring (bicyclic) bond motifs is 4. The van der Waals surface area contributed by atoms with Gasteiger partial charge in [-0.2, -0.15) is 0 Å². The van der Waals surface area contributed by atoms with Gasteiger partial charge in [0.05, 0.1) is 6.42 Å². The Labute approximate surface area is 157 Å². The Balaban J connectivity index is 1.43. The molecule has 1 aromatic carbocycles. The monoisotopic (exact) mass is 356 g/mol. The van der Waals surface area contributed by atoms with Crippen LogP contribution < -0.4 is 0 Å². The van der Waals surface area contributed by atoms with Crippen LogP contribution in [0.15, 0.2) is 24.3 Å². The zero-order chi connectivity index (χ0) is 18.1. The molecule has 3 saturated heterocycles. The van der Waals surface area contributed by atoms with E-state index in [-0.39, 0.29) is 11.7 Å². The van der Waals surface area contributed by atoms with E-state index in [1.54, 1.807) is 12.1 Å². The molecule has 3 fully saturated rings. The molecule has 4 atom stereocenters. The highest BCUT2D eigenvalue weighted by Crippen LogP contribution is 2.40. The molecule has 4 rings (SSSR count). The van der Waals surface area contributed by atoms with Gasteiger partial charge in [0.25, 0.3) is 0 Å². The smallest absolute Gasteiger partial charge is 0.227 e. The first kappa shape index (κ1) is 17.8. The van der Waals surface area contributed by atoms with Crippen LogP contribution in [0.3, 0.4) is 0 Å². The van der Waals surface area contributed by atoms with E-state index in [1.165, 1.54) is 45.1 Å². The van der Waals surface area contributed by atoms with Gasteiger partial charge in [-0.3, -0.25) is 9.69 Å². The molecule has 0 saturated carbocycles. The van der Waals surface area contributed by atoms with Crippen molar-refractivity contribution >= 4 is 5.91 Å². The summed E-state index contributed by atoms with van der Waals surface area (Å²) in [7, 11) is 0. The lowest BCUT2D eigenvalue weighted by atomic mass is 9.74. The van der Waals surface area contributed by atoms with Gasteiger partial charge in [-0.05, 0) is 55.2 Å². The van der Waals surface area contributed by atoms with Gasteiger partial charge in [-0.1, -0.05) is 31.9 Å². The third-order valence-electron chi connectivity index (χ3n) is 6.76. The number of phenolic OH excluding ortho intramolecular Hbond substituents is 1. The summed E-state index contributed by atoms with van der Waals surface area (Å²) >= 11 is 0. The second-order valence-corrected chi connectivity index (χ2v) is 8.64. The van der Waals surface area contributed by atoms with Gasteiger partial charge in [0.15, 0.2) is 0 Å². The Bertz CT molecular complexity index is 645. The molecule has 4 nitrogen and oxygen atoms in total. The quantitative estimate of drug-likeness (QED) is 0.899. The summed E-state index contributed by atoms with van der Waals surface area (Å²) in [5.74, 6) is 1.75.